The molecule has 1 N–H and O–H groups in total. The zero-order valence-corrected chi connectivity index (χ0v) is 17.0. The van der Waals surface area contributed by atoms with Gasteiger partial charge in [-0.3, -0.25) is 9.59 Å². The molecule has 1 heterocycles. The van der Waals surface area contributed by atoms with Crippen LogP contribution in [-0.2, 0) is 14.3 Å². The SMILES string of the molecule is CCCOC(=O)c1ccc(NC(=O)CCC(=O)N2CCC(c3ccccc3)=N2)cc1. The number of anilines is 1. The van der Waals surface area contributed by atoms with E-state index in [2.05, 4.69) is 10.4 Å². The standard InChI is InChI=1S/C23H25N3O4/c1-2-16-30-23(29)18-8-10-19(11-9-18)24-21(27)12-13-22(28)26-15-14-20(25-26)17-6-4-3-5-7-17/h3-11H,2,12-16H2,1H3,(H,24,27). The first-order valence-electron chi connectivity index (χ1n) is 10.1. The second-order valence-electron chi connectivity index (χ2n) is 6.94. The number of hydrogen-bond donors (Lipinski definition) is 1. The third-order valence-corrected chi connectivity index (χ3v) is 4.60. The van der Waals surface area contributed by atoms with Gasteiger partial charge in [0, 0.05) is 24.9 Å². The highest BCUT2D eigenvalue weighted by Gasteiger charge is 2.22. The van der Waals surface area contributed by atoms with E-state index in [0.717, 1.165) is 17.7 Å². The first kappa shape index (κ1) is 21.2. The number of hydrogen-bond acceptors (Lipinski definition) is 5. The van der Waals surface area contributed by atoms with Crippen molar-refractivity contribution in [2.45, 2.75) is 32.6 Å². The molecule has 2 amide bonds. The average molecular weight is 407 g/mol. The maximum Gasteiger partial charge on any atom is 0.338 e. The van der Waals surface area contributed by atoms with Crippen LogP contribution in [0.3, 0.4) is 0 Å². The quantitative estimate of drug-likeness (QED) is 0.677. The van der Waals surface area contributed by atoms with E-state index < -0.39 is 0 Å². The van der Waals surface area contributed by atoms with Crippen molar-refractivity contribution in [2.24, 2.45) is 5.10 Å². The van der Waals surface area contributed by atoms with Gasteiger partial charge in [-0.05, 0) is 36.2 Å². The van der Waals surface area contributed by atoms with Crippen LogP contribution in [-0.4, -0.2) is 41.7 Å². The zero-order valence-electron chi connectivity index (χ0n) is 17.0. The molecule has 3 rings (SSSR count). The maximum absolute atomic E-state index is 12.4. The summed E-state index contributed by atoms with van der Waals surface area (Å²) in [6, 6.07) is 16.2. The number of esters is 1. The van der Waals surface area contributed by atoms with Crippen molar-refractivity contribution < 1.29 is 19.1 Å². The predicted octanol–water partition coefficient (Wildman–Crippen LogP) is 3.61. The number of carbonyl (C=O) groups is 3. The van der Waals surface area contributed by atoms with Crippen molar-refractivity contribution in [2.75, 3.05) is 18.5 Å². The number of benzene rings is 2. The van der Waals surface area contributed by atoms with E-state index in [9.17, 15) is 14.4 Å². The third-order valence-electron chi connectivity index (χ3n) is 4.60. The summed E-state index contributed by atoms with van der Waals surface area (Å²) in [7, 11) is 0. The summed E-state index contributed by atoms with van der Waals surface area (Å²) in [4.78, 5) is 36.3. The largest absolute Gasteiger partial charge is 0.462 e. The first-order valence-corrected chi connectivity index (χ1v) is 10.1. The van der Waals surface area contributed by atoms with Gasteiger partial charge < -0.3 is 10.1 Å². The number of hydrazone groups is 1. The van der Waals surface area contributed by atoms with Gasteiger partial charge in [0.05, 0.1) is 24.4 Å². The van der Waals surface area contributed by atoms with E-state index in [1.807, 2.05) is 37.3 Å². The Morgan fingerprint density at radius 1 is 1.03 bits per heavy atom. The molecule has 2 aromatic rings. The van der Waals surface area contributed by atoms with Crippen molar-refractivity contribution in [1.82, 2.24) is 5.01 Å². The molecular weight excluding hydrogens is 382 g/mol. The summed E-state index contributed by atoms with van der Waals surface area (Å²) in [5.41, 5.74) is 2.88. The molecule has 156 valence electrons. The van der Waals surface area contributed by atoms with Crippen LogP contribution in [0.2, 0.25) is 0 Å². The van der Waals surface area contributed by atoms with Crippen LogP contribution in [0.1, 0.15) is 48.5 Å². The number of amides is 2. The topological polar surface area (TPSA) is 88.1 Å². The molecule has 0 saturated carbocycles. The fraction of sp³-hybridized carbons (Fsp3) is 0.304. The smallest absolute Gasteiger partial charge is 0.338 e. The van der Waals surface area contributed by atoms with Crippen molar-refractivity contribution in [3.63, 3.8) is 0 Å². The Hall–Kier alpha value is -3.48. The van der Waals surface area contributed by atoms with Crippen LogP contribution < -0.4 is 5.32 Å². The number of nitrogens with one attached hydrogen (secondary N) is 1. The molecule has 2 aromatic carbocycles. The van der Waals surface area contributed by atoms with E-state index in [1.165, 1.54) is 5.01 Å². The molecule has 30 heavy (non-hydrogen) atoms. The summed E-state index contributed by atoms with van der Waals surface area (Å²) in [6.45, 7) is 2.83. The lowest BCUT2D eigenvalue weighted by atomic mass is 10.1. The molecular formula is C23H25N3O4. The second-order valence-corrected chi connectivity index (χ2v) is 6.94. The monoisotopic (exact) mass is 407 g/mol. The van der Waals surface area contributed by atoms with Gasteiger partial charge in [-0.1, -0.05) is 37.3 Å². The van der Waals surface area contributed by atoms with Gasteiger partial charge in [0.25, 0.3) is 0 Å². The Morgan fingerprint density at radius 2 is 1.77 bits per heavy atom. The molecule has 1 aliphatic heterocycles. The third kappa shape index (κ3) is 5.76. The lowest BCUT2D eigenvalue weighted by molar-refractivity contribution is -0.132. The Labute approximate surface area is 175 Å². The van der Waals surface area contributed by atoms with Gasteiger partial charge in [-0.2, -0.15) is 5.10 Å². The van der Waals surface area contributed by atoms with Gasteiger partial charge >= 0.3 is 5.97 Å². The minimum Gasteiger partial charge on any atom is -0.462 e. The van der Waals surface area contributed by atoms with Gasteiger partial charge in [-0.25, -0.2) is 9.80 Å². The Bertz CT molecular complexity index is 923. The molecule has 7 nitrogen and oxygen atoms in total. The predicted molar refractivity (Wildman–Crippen MR) is 114 cm³/mol. The summed E-state index contributed by atoms with van der Waals surface area (Å²) >= 11 is 0. The zero-order chi connectivity index (χ0) is 21.3. The Balaban J connectivity index is 1.46. The minimum atomic E-state index is -0.388. The van der Waals surface area contributed by atoms with Crippen molar-refractivity contribution >= 4 is 29.2 Å². The van der Waals surface area contributed by atoms with Gasteiger partial charge in [0.15, 0.2) is 0 Å². The van der Waals surface area contributed by atoms with E-state index in [1.54, 1.807) is 24.3 Å². The van der Waals surface area contributed by atoms with Crippen LogP contribution in [0.4, 0.5) is 5.69 Å². The van der Waals surface area contributed by atoms with E-state index in [0.29, 0.717) is 30.8 Å². The van der Waals surface area contributed by atoms with Crippen LogP contribution in [0, 0.1) is 0 Å². The molecule has 0 radical (unpaired) electrons. The van der Waals surface area contributed by atoms with Gasteiger partial charge in [-0.15, -0.1) is 0 Å². The Kier molecular flexibility index (Phi) is 7.32. The maximum atomic E-state index is 12.4. The molecule has 7 heteroatoms. The molecule has 0 saturated heterocycles. The van der Waals surface area contributed by atoms with E-state index >= 15 is 0 Å². The first-order chi connectivity index (χ1) is 14.6. The lowest BCUT2D eigenvalue weighted by Crippen LogP contribution is -2.25. The fourth-order valence-corrected chi connectivity index (χ4v) is 3.01. The normalized spacial score (nSPS) is 13.0. The highest BCUT2D eigenvalue weighted by molar-refractivity contribution is 6.03. The molecule has 0 spiro atoms. The number of ether oxygens (including phenoxy) is 1. The summed E-state index contributed by atoms with van der Waals surface area (Å²) in [5, 5.41) is 8.56. The van der Waals surface area contributed by atoms with Gasteiger partial charge in [0.1, 0.15) is 0 Å². The van der Waals surface area contributed by atoms with Crippen LogP contribution in [0.15, 0.2) is 59.7 Å². The van der Waals surface area contributed by atoms with Crippen molar-refractivity contribution in [3.8, 4) is 0 Å². The highest BCUT2D eigenvalue weighted by Crippen LogP contribution is 2.16. The van der Waals surface area contributed by atoms with Crippen molar-refractivity contribution in [1.29, 1.82) is 0 Å². The van der Waals surface area contributed by atoms with Gasteiger partial charge in [0.2, 0.25) is 11.8 Å². The number of rotatable bonds is 8. The van der Waals surface area contributed by atoms with Crippen molar-refractivity contribution in [3.05, 3.63) is 65.7 Å². The summed E-state index contributed by atoms with van der Waals surface area (Å²) in [6.07, 6.45) is 1.61. The summed E-state index contributed by atoms with van der Waals surface area (Å²) < 4.78 is 5.07. The average Bonchev–Trinajstić information content (AvgIpc) is 3.27. The molecule has 0 bridgehead atoms. The molecule has 1 aliphatic rings. The highest BCUT2D eigenvalue weighted by atomic mass is 16.5. The minimum absolute atomic E-state index is 0.0613. The summed E-state index contributed by atoms with van der Waals surface area (Å²) in [5.74, 6) is -0.831. The molecule has 0 atom stereocenters. The number of carbonyl (C=O) groups excluding carboxylic acids is 3. The van der Waals surface area contributed by atoms with Crippen LogP contribution in [0.25, 0.3) is 0 Å². The molecule has 0 fully saturated rings. The van der Waals surface area contributed by atoms with E-state index in [-0.39, 0.29) is 30.6 Å². The van der Waals surface area contributed by atoms with E-state index in [4.69, 9.17) is 4.74 Å². The second kappa shape index (κ2) is 10.3. The van der Waals surface area contributed by atoms with Crippen LogP contribution >= 0.6 is 0 Å². The molecule has 0 aliphatic carbocycles. The molecule has 0 unspecified atom stereocenters. The lowest BCUT2D eigenvalue weighted by Gasteiger charge is -2.11. The fourth-order valence-electron chi connectivity index (χ4n) is 3.01. The number of nitrogens with zero attached hydrogens (tertiary/aromatic N) is 2. The molecule has 0 aromatic heterocycles. The Morgan fingerprint density at radius 3 is 2.47 bits per heavy atom. The van der Waals surface area contributed by atoms with Crippen LogP contribution in [0.5, 0.6) is 0 Å².